The second-order valence-corrected chi connectivity index (χ2v) is 11.6. The largest absolute Gasteiger partial charge is 0.463 e. The summed E-state index contributed by atoms with van der Waals surface area (Å²) in [4.78, 5) is 36.1. The zero-order valence-corrected chi connectivity index (χ0v) is 26.4. The number of esters is 2. The summed E-state index contributed by atoms with van der Waals surface area (Å²) >= 11 is 0. The van der Waals surface area contributed by atoms with Crippen molar-refractivity contribution in [1.82, 2.24) is 0 Å². The molecule has 0 heterocycles. The molecule has 0 saturated heterocycles. The van der Waals surface area contributed by atoms with Crippen molar-refractivity contribution >= 4 is 17.7 Å². The van der Waals surface area contributed by atoms with E-state index in [0.29, 0.717) is 19.3 Å². The van der Waals surface area contributed by atoms with Crippen molar-refractivity contribution in [3.8, 4) is 0 Å². The van der Waals surface area contributed by atoms with E-state index in [-0.39, 0.29) is 43.2 Å². The average molecular weight is 591 g/mol. The van der Waals surface area contributed by atoms with Crippen molar-refractivity contribution < 1.29 is 34.1 Å². The van der Waals surface area contributed by atoms with E-state index in [4.69, 9.17) is 9.47 Å². The molecule has 0 saturated carbocycles. The third-order valence-corrected chi connectivity index (χ3v) is 7.63. The van der Waals surface area contributed by atoms with Gasteiger partial charge < -0.3 is 19.7 Å². The van der Waals surface area contributed by atoms with Crippen LogP contribution in [0, 0.1) is 11.8 Å². The van der Waals surface area contributed by atoms with Crippen LogP contribution in [0.1, 0.15) is 129 Å². The van der Waals surface area contributed by atoms with E-state index >= 15 is 0 Å². The lowest BCUT2D eigenvalue weighted by Crippen LogP contribution is -2.25. The SMILES string of the molecule is CCCCCCCCCCCC(=O)OC[C@H](O)COC(=O)CCC/C=C\C[C@H]1C=CC(=O)[C@@H]1/C=C/[C@@H](O)CCCCC. The maximum absolute atomic E-state index is 12.2. The molecule has 240 valence electrons. The molecule has 0 aromatic carbocycles. The third kappa shape index (κ3) is 19.8. The van der Waals surface area contributed by atoms with Crippen molar-refractivity contribution in [2.24, 2.45) is 11.8 Å². The molecule has 0 aromatic heterocycles. The second-order valence-electron chi connectivity index (χ2n) is 11.6. The lowest BCUT2D eigenvalue weighted by molar-refractivity contribution is -0.152. The monoisotopic (exact) mass is 590 g/mol. The van der Waals surface area contributed by atoms with Crippen molar-refractivity contribution in [2.75, 3.05) is 13.2 Å². The van der Waals surface area contributed by atoms with Gasteiger partial charge in [-0.1, -0.05) is 115 Å². The van der Waals surface area contributed by atoms with Gasteiger partial charge >= 0.3 is 11.9 Å². The highest BCUT2D eigenvalue weighted by Gasteiger charge is 2.26. The number of carbonyl (C=O) groups is 3. The molecule has 7 heteroatoms. The Bertz CT molecular complexity index is 816. The van der Waals surface area contributed by atoms with Gasteiger partial charge in [0.15, 0.2) is 5.78 Å². The average Bonchev–Trinajstić information content (AvgIpc) is 3.33. The number of aliphatic hydroxyl groups is 2. The fraction of sp³-hybridized carbons (Fsp3) is 0.743. The number of hydrogen-bond acceptors (Lipinski definition) is 7. The number of carbonyl (C=O) groups excluding carboxylic acids is 3. The maximum atomic E-state index is 12.2. The molecule has 0 spiro atoms. The number of ether oxygens (including phenoxy) is 2. The molecule has 2 N–H and O–H groups in total. The maximum Gasteiger partial charge on any atom is 0.305 e. The Morgan fingerprint density at radius 2 is 1.38 bits per heavy atom. The van der Waals surface area contributed by atoms with Gasteiger partial charge in [-0.05, 0) is 44.1 Å². The zero-order valence-electron chi connectivity index (χ0n) is 26.4. The molecule has 0 unspecified atom stereocenters. The molecular formula is C35H58O7. The third-order valence-electron chi connectivity index (χ3n) is 7.63. The lowest BCUT2D eigenvalue weighted by Gasteiger charge is -2.13. The first-order valence-corrected chi connectivity index (χ1v) is 16.6. The smallest absolute Gasteiger partial charge is 0.305 e. The van der Waals surface area contributed by atoms with E-state index in [9.17, 15) is 24.6 Å². The van der Waals surface area contributed by atoms with Crippen LogP contribution in [-0.2, 0) is 23.9 Å². The van der Waals surface area contributed by atoms with Crippen LogP contribution < -0.4 is 0 Å². The summed E-state index contributed by atoms with van der Waals surface area (Å²) < 4.78 is 10.2. The van der Waals surface area contributed by atoms with E-state index in [2.05, 4.69) is 13.8 Å². The normalized spacial score (nSPS) is 18.2. The van der Waals surface area contributed by atoms with Gasteiger partial charge in [-0.3, -0.25) is 14.4 Å². The highest BCUT2D eigenvalue weighted by molar-refractivity contribution is 5.95. The van der Waals surface area contributed by atoms with E-state index in [0.717, 1.165) is 51.4 Å². The highest BCUT2D eigenvalue weighted by atomic mass is 16.6. The molecule has 42 heavy (non-hydrogen) atoms. The molecular weight excluding hydrogens is 532 g/mol. The highest BCUT2D eigenvalue weighted by Crippen LogP contribution is 2.27. The van der Waals surface area contributed by atoms with Crippen molar-refractivity contribution in [1.29, 1.82) is 0 Å². The van der Waals surface area contributed by atoms with Crippen molar-refractivity contribution in [3.05, 3.63) is 36.5 Å². The van der Waals surface area contributed by atoms with Crippen LogP contribution in [-0.4, -0.2) is 53.4 Å². The van der Waals surface area contributed by atoms with E-state index in [1.807, 2.05) is 24.3 Å². The number of ketones is 1. The summed E-state index contributed by atoms with van der Waals surface area (Å²) in [6.45, 7) is 3.99. The molecule has 0 fully saturated rings. The van der Waals surface area contributed by atoms with Gasteiger partial charge in [-0.2, -0.15) is 0 Å². The van der Waals surface area contributed by atoms with Gasteiger partial charge in [-0.25, -0.2) is 0 Å². The number of aliphatic hydroxyl groups excluding tert-OH is 2. The first-order chi connectivity index (χ1) is 20.4. The molecule has 0 bridgehead atoms. The Labute approximate surface area is 254 Å². The fourth-order valence-corrected chi connectivity index (χ4v) is 4.96. The molecule has 1 aliphatic carbocycles. The van der Waals surface area contributed by atoms with Crippen molar-refractivity contribution in [3.63, 3.8) is 0 Å². The minimum Gasteiger partial charge on any atom is -0.463 e. The number of hydrogen-bond donors (Lipinski definition) is 2. The van der Waals surface area contributed by atoms with Crippen LogP contribution >= 0.6 is 0 Å². The summed E-state index contributed by atoms with van der Waals surface area (Å²) in [5.74, 6) is -0.793. The molecule has 0 aliphatic heterocycles. The molecule has 1 aliphatic rings. The first kappa shape index (κ1) is 37.8. The summed E-state index contributed by atoms with van der Waals surface area (Å²) in [6.07, 6.45) is 26.8. The van der Waals surface area contributed by atoms with Crippen molar-refractivity contribution in [2.45, 2.75) is 142 Å². The first-order valence-electron chi connectivity index (χ1n) is 16.6. The number of rotatable bonds is 26. The van der Waals surface area contributed by atoms with Crippen LogP contribution in [0.4, 0.5) is 0 Å². The molecule has 7 nitrogen and oxygen atoms in total. The lowest BCUT2D eigenvalue weighted by atomic mass is 9.90. The summed E-state index contributed by atoms with van der Waals surface area (Å²) in [5, 5.41) is 20.1. The predicted molar refractivity (Wildman–Crippen MR) is 168 cm³/mol. The Hall–Kier alpha value is -2.25. The Balaban J connectivity index is 2.09. The van der Waals surface area contributed by atoms with E-state index < -0.39 is 18.2 Å². The minimum absolute atomic E-state index is 0.0731. The predicted octanol–water partition coefficient (Wildman–Crippen LogP) is 7.34. The number of allylic oxidation sites excluding steroid dienone is 5. The van der Waals surface area contributed by atoms with Crippen LogP contribution in [0.25, 0.3) is 0 Å². The minimum atomic E-state index is -1.03. The second kappa shape index (κ2) is 25.3. The van der Waals surface area contributed by atoms with E-state index in [1.165, 1.54) is 38.5 Å². The number of unbranched alkanes of at least 4 members (excludes halogenated alkanes) is 11. The zero-order chi connectivity index (χ0) is 30.8. The van der Waals surface area contributed by atoms with Crippen LogP contribution in [0.3, 0.4) is 0 Å². The Kier molecular flexibility index (Phi) is 22.7. The van der Waals surface area contributed by atoms with E-state index in [1.54, 1.807) is 12.2 Å². The topological polar surface area (TPSA) is 110 Å². The summed E-state index contributed by atoms with van der Waals surface area (Å²) in [7, 11) is 0. The van der Waals surface area contributed by atoms with Crippen LogP contribution in [0.5, 0.6) is 0 Å². The molecule has 4 atom stereocenters. The molecule has 0 aromatic rings. The fourth-order valence-electron chi connectivity index (χ4n) is 4.96. The summed E-state index contributed by atoms with van der Waals surface area (Å²) in [5.41, 5.74) is 0. The van der Waals surface area contributed by atoms with Gasteiger partial charge in [0.25, 0.3) is 0 Å². The van der Waals surface area contributed by atoms with Crippen LogP contribution in [0.15, 0.2) is 36.5 Å². The molecule has 0 radical (unpaired) electrons. The standard InChI is InChI=1S/C35H58O7/c1-3-5-7-8-9-10-11-12-17-21-34(39)41-27-31(37)28-42-35(40)22-18-14-13-16-19-29-23-26-33(38)32(29)25-24-30(36)20-15-6-4-2/h13,16,23-26,29-32,36-37H,3-12,14-15,17-22,27-28H2,1-2H3/b16-13-,25-24+/t29-,30-,31-,32+/m0/s1. The summed E-state index contributed by atoms with van der Waals surface area (Å²) in [6, 6.07) is 0. The van der Waals surface area contributed by atoms with Gasteiger partial charge in [0.2, 0.25) is 0 Å². The molecule has 1 rings (SSSR count). The van der Waals surface area contributed by atoms with Crippen LogP contribution in [0.2, 0.25) is 0 Å². The Morgan fingerprint density at radius 1 is 0.810 bits per heavy atom. The van der Waals surface area contributed by atoms with Gasteiger partial charge in [0.1, 0.15) is 19.3 Å². The van der Waals surface area contributed by atoms with Gasteiger partial charge in [0.05, 0.1) is 6.10 Å². The van der Waals surface area contributed by atoms with Gasteiger partial charge in [-0.15, -0.1) is 0 Å². The quantitative estimate of drug-likeness (QED) is 0.0616. The molecule has 0 amide bonds. The Morgan fingerprint density at radius 3 is 2.02 bits per heavy atom. The van der Waals surface area contributed by atoms with Gasteiger partial charge in [0, 0.05) is 18.8 Å².